The third kappa shape index (κ3) is 4.70. The number of amides is 1. The van der Waals surface area contributed by atoms with Crippen LogP contribution < -0.4 is 0 Å². The molecule has 0 atom stereocenters. The van der Waals surface area contributed by atoms with E-state index >= 15 is 0 Å². The molecule has 2 heterocycles. The number of pyridine rings is 1. The minimum absolute atomic E-state index is 0.0355. The van der Waals surface area contributed by atoms with Crippen LogP contribution in [0.25, 0.3) is 0 Å². The molecule has 0 bridgehead atoms. The lowest BCUT2D eigenvalue weighted by Gasteiger charge is -2.34. The van der Waals surface area contributed by atoms with Crippen LogP contribution in [0.1, 0.15) is 10.4 Å². The van der Waals surface area contributed by atoms with E-state index in [0.717, 1.165) is 0 Å². The van der Waals surface area contributed by atoms with E-state index in [-0.39, 0.29) is 53.4 Å². The number of carbonyl (C=O) groups excluding carboxylic acids is 1. The Kier molecular flexibility index (Phi) is 6.69. The highest BCUT2D eigenvalue weighted by Crippen LogP contribution is 2.28. The molecule has 3 rings (SSSR count). The minimum atomic E-state index is -3.67. The highest BCUT2D eigenvalue weighted by atomic mass is 79.9. The van der Waals surface area contributed by atoms with Crippen LogP contribution in [-0.4, -0.2) is 60.5 Å². The summed E-state index contributed by atoms with van der Waals surface area (Å²) in [5, 5.41) is -0.0355. The monoisotopic (exact) mass is 491 g/mol. The second kappa shape index (κ2) is 8.85. The molecule has 1 fully saturated rings. The van der Waals surface area contributed by atoms with E-state index in [1.807, 2.05) is 0 Å². The van der Waals surface area contributed by atoms with Gasteiger partial charge in [0.05, 0.1) is 10.5 Å². The molecule has 1 aliphatic rings. The predicted molar refractivity (Wildman–Crippen MR) is 105 cm³/mol. The molecule has 0 radical (unpaired) electrons. The van der Waals surface area contributed by atoms with Gasteiger partial charge in [0.25, 0.3) is 11.7 Å². The molecule has 1 saturated heterocycles. The molecular formula is C17H16BrF2N3O3S2. The van der Waals surface area contributed by atoms with Gasteiger partial charge in [0, 0.05) is 36.8 Å². The molecule has 0 saturated carbocycles. The first-order valence-corrected chi connectivity index (χ1v) is 11.3. The Morgan fingerprint density at radius 1 is 1.14 bits per heavy atom. The maximum atomic E-state index is 12.8. The van der Waals surface area contributed by atoms with Crippen LogP contribution >= 0.6 is 27.7 Å². The lowest BCUT2D eigenvalue weighted by Crippen LogP contribution is -2.50. The second-order valence-electron chi connectivity index (χ2n) is 5.89. The van der Waals surface area contributed by atoms with E-state index in [9.17, 15) is 22.0 Å². The number of alkyl halides is 2. The number of aromatic nitrogens is 1. The maximum Gasteiger partial charge on any atom is 0.290 e. The van der Waals surface area contributed by atoms with E-state index in [4.69, 9.17) is 0 Å². The fourth-order valence-electron chi connectivity index (χ4n) is 2.81. The van der Waals surface area contributed by atoms with Crippen molar-refractivity contribution in [2.45, 2.75) is 15.7 Å². The van der Waals surface area contributed by atoms with Crippen LogP contribution in [0.5, 0.6) is 0 Å². The fraction of sp³-hybridized carbons (Fsp3) is 0.294. The van der Waals surface area contributed by atoms with Crippen LogP contribution in [-0.2, 0) is 10.0 Å². The Labute approximate surface area is 174 Å². The SMILES string of the molecule is O=C(c1cccnc1SC(F)F)N1CCN(S(=O)(=O)c2cccc(Br)c2)CC1. The van der Waals surface area contributed by atoms with Gasteiger partial charge in [0.15, 0.2) is 0 Å². The molecule has 0 N–H and O–H groups in total. The first-order valence-electron chi connectivity index (χ1n) is 8.24. The molecule has 1 aromatic heterocycles. The second-order valence-corrected chi connectivity index (χ2v) is 9.72. The van der Waals surface area contributed by atoms with Gasteiger partial charge in [-0.15, -0.1) is 0 Å². The number of nitrogens with zero attached hydrogens (tertiary/aromatic N) is 3. The van der Waals surface area contributed by atoms with Gasteiger partial charge < -0.3 is 4.90 Å². The Balaban J connectivity index is 1.71. The van der Waals surface area contributed by atoms with Crippen molar-refractivity contribution in [3.05, 3.63) is 52.6 Å². The van der Waals surface area contributed by atoms with Crippen molar-refractivity contribution < 1.29 is 22.0 Å². The molecule has 1 amide bonds. The smallest absolute Gasteiger partial charge is 0.290 e. The van der Waals surface area contributed by atoms with Gasteiger partial charge in [-0.2, -0.15) is 13.1 Å². The third-order valence-electron chi connectivity index (χ3n) is 4.16. The molecule has 6 nitrogen and oxygen atoms in total. The van der Waals surface area contributed by atoms with Gasteiger partial charge in [-0.25, -0.2) is 13.4 Å². The average Bonchev–Trinajstić information content (AvgIpc) is 2.67. The Hall–Kier alpha value is -1.56. The van der Waals surface area contributed by atoms with Crippen LogP contribution in [0.2, 0.25) is 0 Å². The zero-order valence-corrected chi connectivity index (χ0v) is 17.7. The lowest BCUT2D eigenvalue weighted by atomic mass is 10.2. The fourth-order valence-corrected chi connectivity index (χ4v) is 5.40. The normalized spacial score (nSPS) is 15.8. The molecule has 0 spiro atoms. The summed E-state index contributed by atoms with van der Waals surface area (Å²) in [5.74, 6) is -3.12. The number of hydrogen-bond donors (Lipinski definition) is 0. The number of sulfonamides is 1. The summed E-state index contributed by atoms with van der Waals surface area (Å²) < 4.78 is 52.9. The number of benzene rings is 1. The van der Waals surface area contributed by atoms with E-state index in [0.29, 0.717) is 4.47 Å². The van der Waals surface area contributed by atoms with Crippen LogP contribution in [0.4, 0.5) is 8.78 Å². The van der Waals surface area contributed by atoms with E-state index < -0.39 is 21.7 Å². The maximum absolute atomic E-state index is 12.8. The van der Waals surface area contributed by atoms with Gasteiger partial charge in [0.2, 0.25) is 10.0 Å². The molecule has 28 heavy (non-hydrogen) atoms. The zero-order chi connectivity index (χ0) is 20.3. The van der Waals surface area contributed by atoms with Crippen molar-refractivity contribution in [2.75, 3.05) is 26.2 Å². The summed E-state index contributed by atoms with van der Waals surface area (Å²) in [4.78, 5) is 18.2. The number of thioether (sulfide) groups is 1. The summed E-state index contributed by atoms with van der Waals surface area (Å²) in [5.41, 5.74) is 0.0936. The lowest BCUT2D eigenvalue weighted by molar-refractivity contribution is 0.0693. The van der Waals surface area contributed by atoms with Gasteiger partial charge in [0.1, 0.15) is 5.03 Å². The van der Waals surface area contributed by atoms with E-state index in [1.165, 1.54) is 39.7 Å². The van der Waals surface area contributed by atoms with Crippen molar-refractivity contribution in [2.24, 2.45) is 0 Å². The summed E-state index contributed by atoms with van der Waals surface area (Å²) in [7, 11) is -3.67. The van der Waals surface area contributed by atoms with Crippen LogP contribution in [0.15, 0.2) is 57.0 Å². The van der Waals surface area contributed by atoms with Gasteiger partial charge >= 0.3 is 0 Å². The molecule has 0 unspecified atom stereocenters. The minimum Gasteiger partial charge on any atom is -0.336 e. The average molecular weight is 492 g/mol. The van der Waals surface area contributed by atoms with Crippen molar-refractivity contribution in [1.29, 1.82) is 0 Å². The van der Waals surface area contributed by atoms with Crippen LogP contribution in [0, 0.1) is 0 Å². The van der Waals surface area contributed by atoms with Crippen molar-refractivity contribution in [1.82, 2.24) is 14.2 Å². The van der Waals surface area contributed by atoms with E-state index in [1.54, 1.807) is 12.1 Å². The highest BCUT2D eigenvalue weighted by molar-refractivity contribution is 9.10. The van der Waals surface area contributed by atoms with E-state index in [2.05, 4.69) is 20.9 Å². The Bertz CT molecular complexity index is 968. The standard InChI is InChI=1S/C17H16BrF2N3O3S2/c18-12-3-1-4-13(11-12)28(25,26)23-9-7-22(8-10-23)16(24)14-5-2-6-21-15(14)27-17(19)20/h1-6,11,17H,7-10H2. The third-order valence-corrected chi connectivity index (χ3v) is 7.28. The molecule has 1 aliphatic heterocycles. The molecule has 11 heteroatoms. The first kappa shape index (κ1) is 21.2. The summed E-state index contributed by atoms with van der Waals surface area (Å²) in [6, 6.07) is 9.37. The molecule has 2 aromatic rings. The number of hydrogen-bond acceptors (Lipinski definition) is 5. The quantitative estimate of drug-likeness (QED) is 0.600. The molecule has 1 aromatic carbocycles. The summed E-state index contributed by atoms with van der Waals surface area (Å²) in [6.07, 6.45) is 1.35. The number of carbonyl (C=O) groups is 1. The topological polar surface area (TPSA) is 70.6 Å². The molecular weight excluding hydrogens is 476 g/mol. The molecule has 0 aliphatic carbocycles. The van der Waals surface area contributed by atoms with Gasteiger partial charge in [-0.1, -0.05) is 22.0 Å². The highest BCUT2D eigenvalue weighted by Gasteiger charge is 2.31. The summed E-state index contributed by atoms with van der Waals surface area (Å²) >= 11 is 3.48. The van der Waals surface area contributed by atoms with Crippen molar-refractivity contribution in [3.63, 3.8) is 0 Å². The number of rotatable bonds is 5. The zero-order valence-electron chi connectivity index (χ0n) is 14.5. The van der Waals surface area contributed by atoms with Crippen molar-refractivity contribution >= 4 is 43.6 Å². The van der Waals surface area contributed by atoms with Gasteiger partial charge in [-0.3, -0.25) is 4.79 Å². The number of halogens is 3. The largest absolute Gasteiger partial charge is 0.336 e. The molecule has 150 valence electrons. The Morgan fingerprint density at radius 2 is 1.86 bits per heavy atom. The number of piperazine rings is 1. The summed E-state index contributed by atoms with van der Waals surface area (Å²) in [6.45, 7) is 0.579. The van der Waals surface area contributed by atoms with Crippen molar-refractivity contribution in [3.8, 4) is 0 Å². The predicted octanol–water partition coefficient (Wildman–Crippen LogP) is 3.31. The van der Waals surface area contributed by atoms with Gasteiger partial charge in [-0.05, 0) is 42.1 Å². The Morgan fingerprint density at radius 3 is 2.50 bits per heavy atom. The van der Waals surface area contributed by atoms with Crippen LogP contribution in [0.3, 0.4) is 0 Å². The first-order chi connectivity index (χ1) is 13.3.